The third-order valence-corrected chi connectivity index (χ3v) is 3.95. The van der Waals surface area contributed by atoms with Gasteiger partial charge in [0.2, 0.25) is 0 Å². The monoisotopic (exact) mass is 241 g/mol. The highest BCUT2D eigenvalue weighted by Gasteiger charge is 2.16. The molecule has 1 aliphatic carbocycles. The van der Waals surface area contributed by atoms with Gasteiger partial charge >= 0.3 is 0 Å². The van der Waals surface area contributed by atoms with E-state index in [1.165, 1.54) is 47.2 Å². The van der Waals surface area contributed by atoms with E-state index in [1.807, 2.05) is 11.7 Å². The number of rotatable bonds is 2. The third-order valence-electron chi connectivity index (χ3n) is 3.95. The van der Waals surface area contributed by atoms with Crippen molar-refractivity contribution in [3.63, 3.8) is 0 Å². The Labute approximate surface area is 108 Å². The van der Waals surface area contributed by atoms with E-state index < -0.39 is 0 Å². The molecule has 0 saturated heterocycles. The molecule has 0 fully saturated rings. The Morgan fingerprint density at radius 1 is 1.28 bits per heavy atom. The molecule has 0 spiro atoms. The minimum Gasteiger partial charge on any atom is -0.325 e. The van der Waals surface area contributed by atoms with Crippen LogP contribution in [-0.4, -0.2) is 9.78 Å². The van der Waals surface area contributed by atoms with Gasteiger partial charge in [-0.05, 0) is 48.9 Å². The van der Waals surface area contributed by atoms with E-state index in [9.17, 15) is 0 Å². The predicted molar refractivity (Wildman–Crippen MR) is 73.3 cm³/mol. The highest BCUT2D eigenvalue weighted by atomic mass is 15.3. The quantitative estimate of drug-likeness (QED) is 0.877. The van der Waals surface area contributed by atoms with Gasteiger partial charge in [0.05, 0.1) is 11.4 Å². The summed E-state index contributed by atoms with van der Waals surface area (Å²) in [5.41, 5.74) is 13.4. The average Bonchev–Trinajstić information content (AvgIpc) is 2.93. The molecule has 0 unspecified atom stereocenters. The lowest BCUT2D eigenvalue weighted by Gasteiger charge is -2.07. The molecule has 0 atom stereocenters. The summed E-state index contributed by atoms with van der Waals surface area (Å²) in [7, 11) is 1.99. The lowest BCUT2D eigenvalue weighted by Crippen LogP contribution is -1.99. The minimum atomic E-state index is 0.505. The van der Waals surface area contributed by atoms with E-state index in [1.54, 1.807) is 0 Å². The summed E-state index contributed by atoms with van der Waals surface area (Å²) in [6.45, 7) is 2.61. The van der Waals surface area contributed by atoms with Crippen molar-refractivity contribution >= 4 is 0 Å². The van der Waals surface area contributed by atoms with Gasteiger partial charge in [0.25, 0.3) is 0 Å². The van der Waals surface area contributed by atoms with Gasteiger partial charge in [0, 0.05) is 19.2 Å². The molecule has 0 radical (unpaired) electrons. The Balaban J connectivity index is 2.12. The van der Waals surface area contributed by atoms with Crippen LogP contribution >= 0.6 is 0 Å². The second kappa shape index (κ2) is 4.25. The number of nitrogens with zero attached hydrogens (tertiary/aromatic N) is 2. The van der Waals surface area contributed by atoms with Gasteiger partial charge < -0.3 is 5.73 Å². The number of nitrogens with two attached hydrogens (primary N) is 1. The Kier molecular flexibility index (Phi) is 2.71. The van der Waals surface area contributed by atoms with Crippen LogP contribution < -0.4 is 5.73 Å². The van der Waals surface area contributed by atoms with Crippen molar-refractivity contribution in [2.45, 2.75) is 32.7 Å². The largest absolute Gasteiger partial charge is 0.325 e. The van der Waals surface area contributed by atoms with E-state index in [2.05, 4.69) is 30.2 Å². The van der Waals surface area contributed by atoms with Gasteiger partial charge in [0.15, 0.2) is 0 Å². The number of hydrogen-bond donors (Lipinski definition) is 1. The maximum absolute atomic E-state index is 5.73. The smallest absolute Gasteiger partial charge is 0.0795 e. The Hall–Kier alpha value is -1.61. The number of benzene rings is 1. The highest BCUT2D eigenvalue weighted by Crippen LogP contribution is 2.30. The lowest BCUT2D eigenvalue weighted by atomic mass is 10.0. The van der Waals surface area contributed by atoms with Crippen molar-refractivity contribution in [3.8, 4) is 11.3 Å². The first kappa shape index (κ1) is 11.5. The zero-order chi connectivity index (χ0) is 12.7. The number of aromatic nitrogens is 2. The van der Waals surface area contributed by atoms with Crippen LogP contribution in [0.5, 0.6) is 0 Å². The van der Waals surface area contributed by atoms with Crippen LogP contribution in [0.2, 0.25) is 0 Å². The predicted octanol–water partition coefficient (Wildman–Crippen LogP) is 2.34. The molecule has 3 nitrogen and oxygen atoms in total. The van der Waals surface area contributed by atoms with Gasteiger partial charge in [-0.1, -0.05) is 12.1 Å². The number of hydrogen-bond acceptors (Lipinski definition) is 2. The summed E-state index contributed by atoms with van der Waals surface area (Å²) in [5.74, 6) is 0. The molecule has 1 aromatic carbocycles. The number of fused-ring (bicyclic) bond motifs is 1. The Bertz CT molecular complexity index is 596. The van der Waals surface area contributed by atoms with Crippen LogP contribution in [0.25, 0.3) is 11.3 Å². The molecule has 2 N–H and O–H groups in total. The molecule has 94 valence electrons. The van der Waals surface area contributed by atoms with E-state index >= 15 is 0 Å². The molecule has 1 heterocycles. The van der Waals surface area contributed by atoms with Crippen molar-refractivity contribution in [2.75, 3.05) is 0 Å². The van der Waals surface area contributed by atoms with Crippen LogP contribution in [0.15, 0.2) is 18.2 Å². The van der Waals surface area contributed by atoms with Crippen molar-refractivity contribution in [1.82, 2.24) is 9.78 Å². The molecule has 0 saturated carbocycles. The molecule has 0 amide bonds. The fraction of sp³-hybridized carbons (Fsp3) is 0.400. The summed E-state index contributed by atoms with van der Waals surface area (Å²) in [4.78, 5) is 0. The summed E-state index contributed by atoms with van der Waals surface area (Å²) in [5, 5.41) is 4.49. The van der Waals surface area contributed by atoms with Crippen LogP contribution in [0.4, 0.5) is 0 Å². The fourth-order valence-corrected chi connectivity index (χ4v) is 3.00. The maximum Gasteiger partial charge on any atom is 0.0795 e. The molecule has 3 heteroatoms. The van der Waals surface area contributed by atoms with Crippen LogP contribution in [0.1, 0.15) is 28.8 Å². The zero-order valence-electron chi connectivity index (χ0n) is 11.0. The number of aryl methyl sites for hydroxylation is 3. The van der Waals surface area contributed by atoms with Gasteiger partial charge in [-0.3, -0.25) is 4.68 Å². The lowest BCUT2D eigenvalue weighted by molar-refractivity contribution is 0.749. The van der Waals surface area contributed by atoms with Crippen molar-refractivity contribution in [1.29, 1.82) is 0 Å². The van der Waals surface area contributed by atoms with E-state index in [0.29, 0.717) is 6.54 Å². The summed E-state index contributed by atoms with van der Waals surface area (Å²) in [6, 6.07) is 6.81. The van der Waals surface area contributed by atoms with E-state index in [0.717, 1.165) is 5.69 Å². The van der Waals surface area contributed by atoms with Crippen molar-refractivity contribution in [3.05, 3.63) is 40.6 Å². The molecule has 3 rings (SSSR count). The van der Waals surface area contributed by atoms with Gasteiger partial charge in [0.1, 0.15) is 0 Å². The molecular formula is C15H19N3. The van der Waals surface area contributed by atoms with Crippen molar-refractivity contribution in [2.24, 2.45) is 12.8 Å². The Morgan fingerprint density at radius 3 is 2.78 bits per heavy atom. The normalized spacial score (nSPS) is 13.9. The van der Waals surface area contributed by atoms with Gasteiger partial charge in [-0.15, -0.1) is 0 Å². The van der Waals surface area contributed by atoms with Crippen LogP contribution in [0, 0.1) is 6.92 Å². The van der Waals surface area contributed by atoms with Crippen LogP contribution in [-0.2, 0) is 26.4 Å². The molecule has 18 heavy (non-hydrogen) atoms. The highest BCUT2D eigenvalue weighted by molar-refractivity contribution is 5.66. The van der Waals surface area contributed by atoms with Crippen molar-refractivity contribution < 1.29 is 0 Å². The second-order valence-electron chi connectivity index (χ2n) is 5.09. The maximum atomic E-state index is 5.73. The summed E-state index contributed by atoms with van der Waals surface area (Å²) >= 11 is 0. The van der Waals surface area contributed by atoms with E-state index in [-0.39, 0.29) is 0 Å². The molecular weight excluding hydrogens is 222 g/mol. The standard InChI is InChI=1S/C15H19N3/c1-10-14(9-16)17-18(2)15(10)13-7-6-11-4-3-5-12(11)8-13/h6-8H,3-5,9,16H2,1-2H3. The van der Waals surface area contributed by atoms with Gasteiger partial charge in [-0.25, -0.2) is 0 Å². The molecule has 1 aliphatic rings. The fourth-order valence-electron chi connectivity index (χ4n) is 3.00. The van der Waals surface area contributed by atoms with E-state index in [4.69, 9.17) is 5.73 Å². The molecule has 2 aromatic rings. The molecule has 0 aliphatic heterocycles. The van der Waals surface area contributed by atoms with Gasteiger partial charge in [-0.2, -0.15) is 5.10 Å². The first-order chi connectivity index (χ1) is 8.70. The summed E-state index contributed by atoms with van der Waals surface area (Å²) in [6.07, 6.45) is 3.73. The third kappa shape index (κ3) is 1.66. The average molecular weight is 241 g/mol. The first-order valence-corrected chi connectivity index (χ1v) is 6.55. The molecule has 0 bridgehead atoms. The summed E-state index contributed by atoms with van der Waals surface area (Å²) < 4.78 is 1.95. The SMILES string of the molecule is Cc1c(CN)nn(C)c1-c1ccc2c(c1)CCC2. The second-order valence-corrected chi connectivity index (χ2v) is 5.09. The molecule has 1 aromatic heterocycles. The zero-order valence-corrected chi connectivity index (χ0v) is 11.0. The topological polar surface area (TPSA) is 43.8 Å². The Morgan fingerprint density at radius 2 is 2.06 bits per heavy atom. The first-order valence-electron chi connectivity index (χ1n) is 6.55. The van der Waals surface area contributed by atoms with Crippen LogP contribution in [0.3, 0.4) is 0 Å². The minimum absolute atomic E-state index is 0.505.